The van der Waals surface area contributed by atoms with Crippen LogP contribution in [0.2, 0.25) is 0 Å². The summed E-state index contributed by atoms with van der Waals surface area (Å²) >= 11 is 1.05. The van der Waals surface area contributed by atoms with Crippen molar-refractivity contribution in [1.82, 2.24) is 9.80 Å². The number of carbonyl (C=O) groups is 3. The van der Waals surface area contributed by atoms with E-state index in [1.807, 2.05) is 36.4 Å². The van der Waals surface area contributed by atoms with Crippen molar-refractivity contribution < 1.29 is 14.4 Å². The number of rotatable bonds is 5. The highest BCUT2D eigenvalue weighted by atomic mass is 32.2. The molecule has 0 saturated carbocycles. The lowest BCUT2D eigenvalue weighted by atomic mass is 9.88. The fraction of sp³-hybridized carbons (Fsp3) is 0.318. The molecular weight excluding hydrogens is 372 g/mol. The number of hydrogen-bond acceptors (Lipinski definition) is 4. The molecule has 3 amide bonds. The third kappa shape index (κ3) is 3.83. The summed E-state index contributed by atoms with van der Waals surface area (Å²) in [6, 6.07) is 19.9. The van der Waals surface area contributed by atoms with Gasteiger partial charge < -0.3 is 4.90 Å². The molecule has 2 aliphatic rings. The van der Waals surface area contributed by atoms with Gasteiger partial charge in [-0.15, -0.1) is 0 Å². The van der Waals surface area contributed by atoms with Crippen LogP contribution < -0.4 is 0 Å². The van der Waals surface area contributed by atoms with Gasteiger partial charge in [0, 0.05) is 25.4 Å². The van der Waals surface area contributed by atoms with Gasteiger partial charge >= 0.3 is 0 Å². The second-order valence-corrected chi connectivity index (χ2v) is 8.11. The fourth-order valence-electron chi connectivity index (χ4n) is 4.00. The number of benzene rings is 2. The Hall–Kier alpha value is -2.60. The lowest BCUT2D eigenvalue weighted by Crippen LogP contribution is -2.41. The molecule has 144 valence electrons. The molecule has 28 heavy (non-hydrogen) atoms. The van der Waals surface area contributed by atoms with Crippen molar-refractivity contribution in [3.63, 3.8) is 0 Å². The SMILES string of the molecule is O=C(CC(c1ccccc1)c1ccccc1)N1CC[C@@H](N2C(=O)CSC2=O)C1. The summed E-state index contributed by atoms with van der Waals surface area (Å²) in [5.74, 6) is 0.125. The number of likely N-dealkylation sites (tertiary alicyclic amines) is 1. The van der Waals surface area contributed by atoms with E-state index < -0.39 is 0 Å². The van der Waals surface area contributed by atoms with Crippen molar-refractivity contribution in [2.45, 2.75) is 24.8 Å². The zero-order valence-electron chi connectivity index (χ0n) is 15.5. The maximum absolute atomic E-state index is 13.1. The fourth-order valence-corrected chi connectivity index (χ4v) is 4.77. The largest absolute Gasteiger partial charge is 0.341 e. The summed E-state index contributed by atoms with van der Waals surface area (Å²) < 4.78 is 0. The first-order chi connectivity index (χ1) is 13.6. The van der Waals surface area contributed by atoms with E-state index in [9.17, 15) is 14.4 Å². The van der Waals surface area contributed by atoms with Crippen LogP contribution in [0.4, 0.5) is 4.79 Å². The Balaban J connectivity index is 1.48. The Morgan fingerprint density at radius 3 is 2.14 bits per heavy atom. The third-order valence-electron chi connectivity index (χ3n) is 5.45. The van der Waals surface area contributed by atoms with Gasteiger partial charge in [0.05, 0.1) is 11.8 Å². The van der Waals surface area contributed by atoms with Crippen LogP contribution in [0.25, 0.3) is 0 Å². The summed E-state index contributed by atoms with van der Waals surface area (Å²) in [7, 11) is 0. The molecule has 0 N–H and O–H groups in total. The zero-order valence-corrected chi connectivity index (χ0v) is 16.3. The molecule has 0 spiro atoms. The van der Waals surface area contributed by atoms with Crippen molar-refractivity contribution in [2.24, 2.45) is 0 Å². The molecule has 2 fully saturated rings. The number of amides is 3. The topological polar surface area (TPSA) is 57.7 Å². The molecule has 4 rings (SSSR count). The molecule has 5 nitrogen and oxygen atoms in total. The Labute approximate surface area is 168 Å². The smallest absolute Gasteiger partial charge is 0.289 e. The molecule has 1 atom stereocenters. The van der Waals surface area contributed by atoms with Crippen molar-refractivity contribution in [2.75, 3.05) is 18.8 Å². The predicted octanol–water partition coefficient (Wildman–Crippen LogP) is 3.50. The third-order valence-corrected chi connectivity index (χ3v) is 6.28. The van der Waals surface area contributed by atoms with Crippen LogP contribution in [-0.2, 0) is 9.59 Å². The van der Waals surface area contributed by atoms with Gasteiger partial charge in [-0.1, -0.05) is 72.4 Å². The highest BCUT2D eigenvalue weighted by molar-refractivity contribution is 8.14. The van der Waals surface area contributed by atoms with Crippen LogP contribution in [0.1, 0.15) is 29.9 Å². The first-order valence-electron chi connectivity index (χ1n) is 9.50. The van der Waals surface area contributed by atoms with Gasteiger partial charge in [0.2, 0.25) is 11.8 Å². The van der Waals surface area contributed by atoms with Gasteiger partial charge in [-0.25, -0.2) is 0 Å². The van der Waals surface area contributed by atoms with Gasteiger partial charge in [-0.2, -0.15) is 0 Å². The molecule has 0 aromatic heterocycles. The van der Waals surface area contributed by atoms with Crippen LogP contribution in [0.5, 0.6) is 0 Å². The van der Waals surface area contributed by atoms with Crippen LogP contribution >= 0.6 is 11.8 Å². The summed E-state index contributed by atoms with van der Waals surface area (Å²) in [6.45, 7) is 1.02. The number of carbonyl (C=O) groups excluding carboxylic acids is 3. The molecule has 0 unspecified atom stereocenters. The molecule has 0 bridgehead atoms. The maximum atomic E-state index is 13.1. The number of thioether (sulfide) groups is 1. The second kappa shape index (κ2) is 8.19. The minimum atomic E-state index is -0.189. The summed E-state index contributed by atoms with van der Waals surface area (Å²) in [5, 5.41) is -0.184. The average Bonchev–Trinajstić information content (AvgIpc) is 3.33. The van der Waals surface area contributed by atoms with Crippen molar-refractivity contribution in [3.05, 3.63) is 71.8 Å². The molecule has 0 aliphatic carbocycles. The van der Waals surface area contributed by atoms with Crippen LogP contribution in [-0.4, -0.2) is 51.7 Å². The van der Waals surface area contributed by atoms with Gasteiger partial charge in [0.1, 0.15) is 0 Å². The van der Waals surface area contributed by atoms with E-state index in [-0.39, 0.29) is 34.8 Å². The molecule has 2 heterocycles. The molecule has 2 saturated heterocycles. The molecule has 2 aromatic rings. The first kappa shape index (κ1) is 18.7. The Morgan fingerprint density at radius 2 is 1.61 bits per heavy atom. The number of nitrogens with zero attached hydrogens (tertiary/aromatic N) is 2. The molecular formula is C22H22N2O3S. The molecule has 0 radical (unpaired) electrons. The second-order valence-electron chi connectivity index (χ2n) is 7.18. The van der Waals surface area contributed by atoms with Crippen molar-refractivity contribution in [1.29, 1.82) is 0 Å². The van der Waals surface area contributed by atoms with Crippen molar-refractivity contribution >= 4 is 28.8 Å². The quantitative estimate of drug-likeness (QED) is 0.779. The number of imide groups is 1. The van der Waals surface area contributed by atoms with Crippen LogP contribution in [0, 0.1) is 0 Å². The average molecular weight is 394 g/mol. The van der Waals surface area contributed by atoms with Gasteiger partial charge in [0.15, 0.2) is 0 Å². The van der Waals surface area contributed by atoms with E-state index in [4.69, 9.17) is 0 Å². The Morgan fingerprint density at radius 1 is 1.00 bits per heavy atom. The van der Waals surface area contributed by atoms with E-state index in [0.717, 1.165) is 22.9 Å². The zero-order chi connectivity index (χ0) is 19.5. The lowest BCUT2D eigenvalue weighted by molar-refractivity contribution is -0.131. The Bertz CT molecular complexity index is 816. The summed E-state index contributed by atoms with van der Waals surface area (Å²) in [6.07, 6.45) is 1.03. The van der Waals surface area contributed by atoms with Gasteiger partial charge in [0.25, 0.3) is 5.24 Å². The molecule has 2 aliphatic heterocycles. The minimum absolute atomic E-state index is 0.0143. The van der Waals surface area contributed by atoms with E-state index >= 15 is 0 Å². The first-order valence-corrected chi connectivity index (χ1v) is 10.5. The monoisotopic (exact) mass is 394 g/mol. The lowest BCUT2D eigenvalue weighted by Gasteiger charge is -2.24. The van der Waals surface area contributed by atoms with Gasteiger partial charge in [-0.05, 0) is 17.5 Å². The highest BCUT2D eigenvalue weighted by Crippen LogP contribution is 2.31. The summed E-state index contributed by atoms with van der Waals surface area (Å²) in [4.78, 5) is 40.1. The summed E-state index contributed by atoms with van der Waals surface area (Å²) in [5.41, 5.74) is 2.22. The van der Waals surface area contributed by atoms with E-state index in [0.29, 0.717) is 25.9 Å². The van der Waals surface area contributed by atoms with E-state index in [1.165, 1.54) is 4.90 Å². The minimum Gasteiger partial charge on any atom is -0.341 e. The highest BCUT2D eigenvalue weighted by Gasteiger charge is 2.40. The molecule has 6 heteroatoms. The number of hydrogen-bond donors (Lipinski definition) is 0. The standard InChI is InChI=1S/C22H22N2O3S/c25-20(23-12-11-18(14-23)24-21(26)15-28-22(24)27)13-19(16-7-3-1-4-8-16)17-9-5-2-6-10-17/h1-10,18-19H,11-15H2/t18-/m1/s1. The van der Waals surface area contributed by atoms with E-state index in [1.54, 1.807) is 4.90 Å². The molecule has 2 aromatic carbocycles. The Kier molecular flexibility index (Phi) is 5.48. The maximum Gasteiger partial charge on any atom is 0.289 e. The normalized spacial score (nSPS) is 19.7. The van der Waals surface area contributed by atoms with Crippen LogP contribution in [0.15, 0.2) is 60.7 Å². The van der Waals surface area contributed by atoms with Crippen LogP contribution in [0.3, 0.4) is 0 Å². The van der Waals surface area contributed by atoms with Crippen molar-refractivity contribution in [3.8, 4) is 0 Å². The predicted molar refractivity (Wildman–Crippen MR) is 109 cm³/mol. The van der Waals surface area contributed by atoms with E-state index in [2.05, 4.69) is 24.3 Å². The van der Waals surface area contributed by atoms with Gasteiger partial charge in [-0.3, -0.25) is 19.3 Å².